The zero-order valence-corrected chi connectivity index (χ0v) is 16.8. The van der Waals surface area contributed by atoms with Crippen molar-refractivity contribution < 1.29 is 17.9 Å². The highest BCUT2D eigenvalue weighted by molar-refractivity contribution is 7.97. The molecule has 0 bridgehead atoms. The second-order valence-electron chi connectivity index (χ2n) is 6.37. The molecule has 0 aromatic heterocycles. The number of para-hydroxylation sites is 1. The number of ether oxygens (including phenoxy) is 1. The molecule has 28 heavy (non-hydrogen) atoms. The number of carbonyl (C=O) groups excluding carboxylic acids is 1. The number of carbonyl (C=O) groups is 1. The molecule has 3 rings (SSSR count). The molecule has 0 saturated heterocycles. The fraction of sp³-hybridized carbons (Fsp3) is 0.286. The van der Waals surface area contributed by atoms with E-state index in [0.717, 1.165) is 0 Å². The van der Waals surface area contributed by atoms with E-state index >= 15 is 0 Å². The third-order valence-electron chi connectivity index (χ3n) is 4.58. The molecule has 0 fully saturated rings. The van der Waals surface area contributed by atoms with Crippen LogP contribution in [-0.2, 0) is 19.6 Å². The van der Waals surface area contributed by atoms with E-state index in [1.165, 1.54) is 11.4 Å². The SMILES string of the molecule is CCOCCCNC(=O)C1=C(c2ccccc2)c2ccccc2N(C)S1(=O)=O. The quantitative estimate of drug-likeness (QED) is 0.725. The van der Waals surface area contributed by atoms with Crippen molar-refractivity contribution in [3.63, 3.8) is 0 Å². The lowest BCUT2D eigenvalue weighted by Crippen LogP contribution is -2.39. The van der Waals surface area contributed by atoms with Crippen LogP contribution < -0.4 is 9.62 Å². The van der Waals surface area contributed by atoms with Crippen LogP contribution in [0.15, 0.2) is 59.5 Å². The molecule has 0 spiro atoms. The Hall–Kier alpha value is -2.64. The monoisotopic (exact) mass is 400 g/mol. The molecule has 1 aliphatic rings. The third kappa shape index (κ3) is 3.81. The molecular weight excluding hydrogens is 376 g/mol. The smallest absolute Gasteiger partial charge is 0.270 e. The number of fused-ring (bicyclic) bond motifs is 1. The van der Waals surface area contributed by atoms with Gasteiger partial charge >= 0.3 is 0 Å². The van der Waals surface area contributed by atoms with Crippen molar-refractivity contribution in [2.24, 2.45) is 0 Å². The van der Waals surface area contributed by atoms with Crippen LogP contribution >= 0.6 is 0 Å². The second kappa shape index (κ2) is 8.58. The van der Waals surface area contributed by atoms with Crippen molar-refractivity contribution in [3.05, 3.63) is 70.6 Å². The lowest BCUT2D eigenvalue weighted by molar-refractivity contribution is -0.116. The van der Waals surface area contributed by atoms with Gasteiger partial charge in [0.2, 0.25) is 0 Å². The minimum absolute atomic E-state index is 0.226. The largest absolute Gasteiger partial charge is 0.382 e. The van der Waals surface area contributed by atoms with Crippen LogP contribution in [0.25, 0.3) is 5.57 Å². The van der Waals surface area contributed by atoms with Gasteiger partial charge in [-0.15, -0.1) is 0 Å². The predicted molar refractivity (Wildman–Crippen MR) is 110 cm³/mol. The summed E-state index contributed by atoms with van der Waals surface area (Å²) in [6.45, 7) is 3.35. The summed E-state index contributed by atoms with van der Waals surface area (Å²) in [5.41, 5.74) is 2.38. The second-order valence-corrected chi connectivity index (χ2v) is 8.27. The minimum Gasteiger partial charge on any atom is -0.382 e. The molecule has 1 amide bonds. The van der Waals surface area contributed by atoms with Gasteiger partial charge < -0.3 is 10.1 Å². The normalized spacial score (nSPS) is 15.3. The minimum atomic E-state index is -3.99. The van der Waals surface area contributed by atoms with Gasteiger partial charge in [-0.2, -0.15) is 0 Å². The molecule has 148 valence electrons. The summed E-state index contributed by atoms with van der Waals surface area (Å²) >= 11 is 0. The molecule has 2 aromatic carbocycles. The lowest BCUT2D eigenvalue weighted by atomic mass is 9.95. The first-order valence-corrected chi connectivity index (χ1v) is 10.7. The summed E-state index contributed by atoms with van der Waals surface area (Å²) in [6.07, 6.45) is 0.611. The van der Waals surface area contributed by atoms with Crippen molar-refractivity contribution in [2.45, 2.75) is 13.3 Å². The summed E-state index contributed by atoms with van der Waals surface area (Å²) in [6, 6.07) is 16.3. The van der Waals surface area contributed by atoms with E-state index in [9.17, 15) is 13.2 Å². The van der Waals surface area contributed by atoms with E-state index in [0.29, 0.717) is 48.6 Å². The first-order valence-electron chi connectivity index (χ1n) is 9.22. The molecule has 1 aliphatic heterocycles. The Bertz CT molecular complexity index is 984. The fourth-order valence-corrected chi connectivity index (χ4v) is 4.68. The van der Waals surface area contributed by atoms with E-state index in [-0.39, 0.29) is 4.91 Å². The van der Waals surface area contributed by atoms with Crippen LogP contribution in [0, 0.1) is 0 Å². The molecular formula is C21H24N2O4S. The summed E-state index contributed by atoms with van der Waals surface area (Å²) in [4.78, 5) is 12.7. The van der Waals surface area contributed by atoms with Gasteiger partial charge in [0.05, 0.1) is 5.69 Å². The summed E-state index contributed by atoms with van der Waals surface area (Å²) in [5, 5.41) is 2.74. The average Bonchev–Trinajstić information content (AvgIpc) is 2.71. The number of sulfonamides is 1. The van der Waals surface area contributed by atoms with Gasteiger partial charge in [0.1, 0.15) is 0 Å². The predicted octanol–water partition coefficient (Wildman–Crippen LogP) is 2.77. The number of anilines is 1. The van der Waals surface area contributed by atoms with Crippen LogP contribution in [0.4, 0.5) is 5.69 Å². The number of rotatable bonds is 7. The van der Waals surface area contributed by atoms with Crippen LogP contribution in [-0.4, -0.2) is 41.1 Å². The van der Waals surface area contributed by atoms with Crippen molar-refractivity contribution in [3.8, 4) is 0 Å². The summed E-state index contributed by atoms with van der Waals surface area (Å²) < 4.78 is 32.9. The van der Waals surface area contributed by atoms with E-state index in [2.05, 4.69) is 5.32 Å². The van der Waals surface area contributed by atoms with Crippen LogP contribution in [0.2, 0.25) is 0 Å². The Labute approximate surface area is 165 Å². The van der Waals surface area contributed by atoms with Crippen LogP contribution in [0.3, 0.4) is 0 Å². The van der Waals surface area contributed by atoms with Crippen molar-refractivity contribution in [1.82, 2.24) is 5.32 Å². The molecule has 0 atom stereocenters. The van der Waals surface area contributed by atoms with E-state index < -0.39 is 15.9 Å². The number of nitrogens with one attached hydrogen (secondary N) is 1. The average molecular weight is 401 g/mol. The molecule has 7 heteroatoms. The number of hydrogen-bond donors (Lipinski definition) is 1. The van der Waals surface area contributed by atoms with Gasteiger partial charge in [-0.05, 0) is 25.0 Å². The highest BCUT2D eigenvalue weighted by Gasteiger charge is 2.39. The number of nitrogens with zero attached hydrogens (tertiary/aromatic N) is 1. The summed E-state index contributed by atoms with van der Waals surface area (Å²) in [5.74, 6) is -0.600. The van der Waals surface area contributed by atoms with Crippen molar-refractivity contribution in [1.29, 1.82) is 0 Å². The first kappa shape index (κ1) is 20.1. The van der Waals surface area contributed by atoms with Gasteiger partial charge in [-0.25, -0.2) is 8.42 Å². The molecule has 0 radical (unpaired) electrons. The highest BCUT2D eigenvalue weighted by Crippen LogP contribution is 2.41. The maximum Gasteiger partial charge on any atom is 0.270 e. The Morgan fingerprint density at radius 2 is 1.75 bits per heavy atom. The maximum atomic E-state index is 13.2. The first-order chi connectivity index (χ1) is 13.5. The van der Waals surface area contributed by atoms with Gasteiger partial charge in [0, 0.05) is 37.9 Å². The van der Waals surface area contributed by atoms with Gasteiger partial charge in [0.25, 0.3) is 15.9 Å². The molecule has 1 heterocycles. The standard InChI is InChI=1S/C21H24N2O4S/c1-3-27-15-9-14-22-21(24)20-19(16-10-5-4-6-11-16)17-12-7-8-13-18(17)23(2)28(20,25)26/h4-8,10-13H,3,9,14-15H2,1-2H3,(H,22,24). The topological polar surface area (TPSA) is 75.7 Å². The van der Waals surface area contributed by atoms with E-state index in [4.69, 9.17) is 4.74 Å². The van der Waals surface area contributed by atoms with E-state index in [1.54, 1.807) is 12.1 Å². The number of hydrogen-bond acceptors (Lipinski definition) is 4. The van der Waals surface area contributed by atoms with Gasteiger partial charge in [0.15, 0.2) is 4.91 Å². The molecule has 0 unspecified atom stereocenters. The zero-order chi connectivity index (χ0) is 20.1. The molecule has 6 nitrogen and oxygen atoms in total. The molecule has 0 aliphatic carbocycles. The third-order valence-corrected chi connectivity index (χ3v) is 6.41. The van der Waals surface area contributed by atoms with Gasteiger partial charge in [-0.1, -0.05) is 48.5 Å². The molecule has 0 saturated carbocycles. The van der Waals surface area contributed by atoms with Crippen LogP contribution in [0.5, 0.6) is 0 Å². The van der Waals surface area contributed by atoms with Crippen molar-refractivity contribution in [2.75, 3.05) is 31.1 Å². The fourth-order valence-electron chi connectivity index (χ4n) is 3.20. The lowest BCUT2D eigenvalue weighted by Gasteiger charge is -2.30. The highest BCUT2D eigenvalue weighted by atomic mass is 32.2. The Morgan fingerprint density at radius 3 is 2.46 bits per heavy atom. The van der Waals surface area contributed by atoms with Crippen LogP contribution in [0.1, 0.15) is 24.5 Å². The molecule has 2 aromatic rings. The van der Waals surface area contributed by atoms with Crippen molar-refractivity contribution >= 4 is 27.2 Å². The zero-order valence-electron chi connectivity index (χ0n) is 16.0. The Morgan fingerprint density at radius 1 is 1.07 bits per heavy atom. The van der Waals surface area contributed by atoms with E-state index in [1.807, 2.05) is 49.4 Å². The number of benzene rings is 2. The maximum absolute atomic E-state index is 13.2. The van der Waals surface area contributed by atoms with Gasteiger partial charge in [-0.3, -0.25) is 9.10 Å². The molecule has 1 N–H and O–H groups in total. The summed E-state index contributed by atoms with van der Waals surface area (Å²) in [7, 11) is -2.52. The Kier molecular flexibility index (Phi) is 6.16. The number of amides is 1. The Balaban J connectivity index is 2.09.